The molecular weight excluding hydrogens is 330 g/mol. The van der Waals surface area contributed by atoms with E-state index < -0.39 is 0 Å². The molecule has 1 unspecified atom stereocenters. The Morgan fingerprint density at radius 1 is 1.15 bits per heavy atom. The van der Waals surface area contributed by atoms with Crippen LogP contribution in [0.2, 0.25) is 0 Å². The largest absolute Gasteiger partial charge is 0.399 e. The molecule has 0 saturated carbocycles. The Labute approximate surface area is 160 Å². The van der Waals surface area contributed by atoms with Crippen molar-refractivity contribution in [3.63, 3.8) is 0 Å². The molecule has 3 N–H and O–H groups in total. The molecule has 2 atom stereocenters. The first kappa shape index (κ1) is 16.0. The quantitative estimate of drug-likeness (QED) is 0.447. The van der Waals surface area contributed by atoms with Crippen LogP contribution in [0.15, 0.2) is 73.5 Å². The van der Waals surface area contributed by atoms with Crippen LogP contribution in [0, 0.1) is 0 Å². The minimum absolute atomic E-state index is 0.325. The van der Waals surface area contributed by atoms with Gasteiger partial charge in [0.2, 0.25) is 0 Å². The predicted octanol–water partition coefficient (Wildman–Crippen LogP) is 5.26. The molecule has 3 aliphatic rings. The van der Waals surface area contributed by atoms with Crippen LogP contribution in [0.5, 0.6) is 0 Å². The summed E-state index contributed by atoms with van der Waals surface area (Å²) in [6.45, 7) is 3.69. The summed E-state index contributed by atoms with van der Waals surface area (Å²) in [6.07, 6.45) is 17.0. The monoisotopic (exact) mass is 353 g/mol. The van der Waals surface area contributed by atoms with E-state index in [0.29, 0.717) is 12.2 Å². The van der Waals surface area contributed by atoms with Gasteiger partial charge in [-0.15, -0.1) is 0 Å². The number of nitrogens with zero attached hydrogens (tertiary/aromatic N) is 1. The van der Waals surface area contributed by atoms with Gasteiger partial charge in [-0.2, -0.15) is 0 Å². The molecule has 0 amide bonds. The summed E-state index contributed by atoms with van der Waals surface area (Å²) in [5, 5.41) is 3.69. The lowest BCUT2D eigenvalue weighted by Gasteiger charge is -2.18. The zero-order chi connectivity index (χ0) is 18.4. The van der Waals surface area contributed by atoms with E-state index >= 15 is 0 Å². The molecule has 2 aromatic carbocycles. The van der Waals surface area contributed by atoms with Gasteiger partial charge in [-0.05, 0) is 53.8 Å². The molecule has 134 valence electrons. The van der Waals surface area contributed by atoms with Crippen LogP contribution in [0.4, 0.5) is 11.4 Å². The Kier molecular flexibility index (Phi) is 3.68. The third-order valence-electron chi connectivity index (χ3n) is 5.60. The molecule has 0 radical (unpaired) electrons. The highest BCUT2D eigenvalue weighted by atomic mass is 15.5. The predicted molar refractivity (Wildman–Crippen MR) is 114 cm³/mol. The van der Waals surface area contributed by atoms with E-state index in [1.54, 1.807) is 6.08 Å². The highest BCUT2D eigenvalue weighted by molar-refractivity contribution is 5.87. The third-order valence-corrected chi connectivity index (χ3v) is 5.60. The minimum Gasteiger partial charge on any atom is -0.399 e. The smallest absolute Gasteiger partial charge is 0.125 e. The van der Waals surface area contributed by atoms with Crippen molar-refractivity contribution in [3.8, 4) is 11.1 Å². The summed E-state index contributed by atoms with van der Waals surface area (Å²) in [4.78, 5) is 2.31. The fourth-order valence-electron chi connectivity index (χ4n) is 4.26. The van der Waals surface area contributed by atoms with Crippen molar-refractivity contribution in [3.05, 3.63) is 90.2 Å². The Hall–Kier alpha value is -3.20. The Morgan fingerprint density at radius 3 is 2.96 bits per heavy atom. The number of fused-ring (bicyclic) bond motifs is 4. The van der Waals surface area contributed by atoms with Gasteiger partial charge in [-0.25, -0.2) is 0 Å². The Balaban J connectivity index is 1.49. The lowest BCUT2D eigenvalue weighted by atomic mass is 9.92. The summed E-state index contributed by atoms with van der Waals surface area (Å²) in [5.41, 5.74) is 14.8. The SMILES string of the molecule is C=C/C=C\C=C/N1C2c3cc(N)cc(-c4ccc5c(c4)C=CCC5)c3N[C@@H]21. The first-order chi connectivity index (χ1) is 13.3. The van der Waals surface area contributed by atoms with E-state index in [1.807, 2.05) is 18.2 Å². The van der Waals surface area contributed by atoms with Crippen LogP contribution in [0.1, 0.15) is 29.2 Å². The second-order valence-electron chi connectivity index (χ2n) is 7.33. The first-order valence-electron chi connectivity index (χ1n) is 9.49. The van der Waals surface area contributed by atoms with E-state index in [-0.39, 0.29) is 0 Å². The van der Waals surface area contributed by atoms with E-state index in [4.69, 9.17) is 5.73 Å². The number of nitrogens with two attached hydrogens (primary N) is 1. The number of hydrogen-bond acceptors (Lipinski definition) is 3. The first-order valence-corrected chi connectivity index (χ1v) is 9.49. The number of anilines is 2. The topological polar surface area (TPSA) is 41.1 Å². The highest BCUT2D eigenvalue weighted by Gasteiger charge is 2.53. The fourth-order valence-corrected chi connectivity index (χ4v) is 4.26. The molecule has 2 aromatic rings. The average Bonchev–Trinajstić information content (AvgIpc) is 3.24. The number of rotatable bonds is 4. The summed E-state index contributed by atoms with van der Waals surface area (Å²) >= 11 is 0. The van der Waals surface area contributed by atoms with Crippen LogP contribution in [0.3, 0.4) is 0 Å². The minimum atomic E-state index is 0.325. The maximum Gasteiger partial charge on any atom is 0.125 e. The van der Waals surface area contributed by atoms with Crippen LogP contribution in [0.25, 0.3) is 17.2 Å². The van der Waals surface area contributed by atoms with Gasteiger partial charge >= 0.3 is 0 Å². The number of aryl methyl sites for hydroxylation is 1. The van der Waals surface area contributed by atoms with Crippen molar-refractivity contribution in [2.75, 3.05) is 11.1 Å². The number of nitrogen functional groups attached to an aromatic ring is 1. The maximum absolute atomic E-state index is 6.27. The maximum atomic E-state index is 6.27. The molecule has 0 aromatic heterocycles. The highest BCUT2D eigenvalue weighted by Crippen LogP contribution is 2.55. The summed E-state index contributed by atoms with van der Waals surface area (Å²) in [7, 11) is 0. The van der Waals surface area contributed by atoms with Gasteiger partial charge in [0.25, 0.3) is 0 Å². The standard InChI is InChI=1S/C24H23N3/c1-2-3-4-7-12-27-23-21-15-19(25)14-20(22(21)26-24(23)27)18-11-10-16-8-5-6-9-17(16)13-18/h2-4,6-7,9-15,23-24,26H,1,5,8,25H2/b4-3-,12-7-/t23?,24-,27?/m1/s1. The number of allylic oxidation sites excluding steroid dienone is 5. The van der Waals surface area contributed by atoms with Gasteiger partial charge in [-0.3, -0.25) is 0 Å². The number of nitrogens with one attached hydrogen (secondary N) is 1. The van der Waals surface area contributed by atoms with Crippen molar-refractivity contribution < 1.29 is 0 Å². The molecule has 2 heterocycles. The Morgan fingerprint density at radius 2 is 2.07 bits per heavy atom. The van der Waals surface area contributed by atoms with Crippen molar-refractivity contribution in [2.24, 2.45) is 0 Å². The molecule has 27 heavy (non-hydrogen) atoms. The molecule has 5 rings (SSSR count). The fraction of sp³-hybridized carbons (Fsp3) is 0.167. The van der Waals surface area contributed by atoms with Crippen molar-refractivity contribution in [1.82, 2.24) is 4.90 Å². The van der Waals surface area contributed by atoms with Crippen LogP contribution in [-0.4, -0.2) is 11.1 Å². The van der Waals surface area contributed by atoms with Gasteiger partial charge in [0.05, 0.1) is 6.04 Å². The molecule has 0 bridgehead atoms. The zero-order valence-corrected chi connectivity index (χ0v) is 15.2. The van der Waals surface area contributed by atoms with E-state index in [2.05, 4.69) is 65.5 Å². The van der Waals surface area contributed by atoms with Crippen molar-refractivity contribution in [1.29, 1.82) is 0 Å². The molecule has 0 spiro atoms. The van der Waals surface area contributed by atoms with Crippen molar-refractivity contribution >= 4 is 17.5 Å². The summed E-state index contributed by atoms with van der Waals surface area (Å²) in [6, 6.07) is 11.4. The number of benzene rings is 2. The van der Waals surface area contributed by atoms with Gasteiger partial charge in [0.1, 0.15) is 6.17 Å². The van der Waals surface area contributed by atoms with Crippen LogP contribution >= 0.6 is 0 Å². The Bertz CT molecular complexity index is 1010. The number of hydrogen-bond donors (Lipinski definition) is 2. The molecule has 2 aliphatic heterocycles. The summed E-state index contributed by atoms with van der Waals surface area (Å²) in [5.74, 6) is 0. The lowest BCUT2D eigenvalue weighted by Crippen LogP contribution is -2.08. The van der Waals surface area contributed by atoms with Crippen LogP contribution < -0.4 is 11.1 Å². The normalized spacial score (nSPS) is 21.9. The average molecular weight is 353 g/mol. The molecular formula is C24H23N3. The second kappa shape index (κ2) is 6.20. The molecule has 1 fully saturated rings. The van der Waals surface area contributed by atoms with E-state index in [0.717, 1.165) is 18.5 Å². The van der Waals surface area contributed by atoms with Gasteiger partial charge < -0.3 is 16.0 Å². The van der Waals surface area contributed by atoms with Gasteiger partial charge in [0, 0.05) is 28.7 Å². The third kappa shape index (κ3) is 2.67. The molecule has 3 nitrogen and oxygen atoms in total. The summed E-state index contributed by atoms with van der Waals surface area (Å²) < 4.78 is 0. The lowest BCUT2D eigenvalue weighted by molar-refractivity contribution is 0.656. The van der Waals surface area contributed by atoms with Crippen molar-refractivity contribution in [2.45, 2.75) is 25.0 Å². The zero-order valence-electron chi connectivity index (χ0n) is 15.2. The van der Waals surface area contributed by atoms with Gasteiger partial charge in [0.15, 0.2) is 0 Å². The molecule has 1 aliphatic carbocycles. The van der Waals surface area contributed by atoms with Crippen LogP contribution in [-0.2, 0) is 6.42 Å². The molecule has 1 saturated heterocycles. The van der Waals surface area contributed by atoms with E-state index in [9.17, 15) is 0 Å². The molecule has 3 heteroatoms. The van der Waals surface area contributed by atoms with E-state index in [1.165, 1.54) is 33.5 Å². The second-order valence-corrected chi connectivity index (χ2v) is 7.33. The van der Waals surface area contributed by atoms with Gasteiger partial charge in [-0.1, -0.05) is 49.1 Å².